The van der Waals surface area contributed by atoms with Crippen molar-refractivity contribution in [1.82, 2.24) is 9.55 Å². The van der Waals surface area contributed by atoms with E-state index in [1.54, 1.807) is 0 Å². The third-order valence-corrected chi connectivity index (χ3v) is 4.96. The van der Waals surface area contributed by atoms with Crippen molar-refractivity contribution in [2.45, 2.75) is 69.2 Å². The second-order valence-electron chi connectivity index (χ2n) is 6.75. The molecule has 0 unspecified atom stereocenters. The minimum absolute atomic E-state index is 0.403. The largest absolute Gasteiger partial charge is 0.459 e. The Labute approximate surface area is 148 Å². The molecule has 0 bridgehead atoms. The standard InChI is InChI=1S/C16H22FN3O6/c1-8-11(21)12(22)16(26-8,14(23)25-9-5-3-2-4-6-9)20-7-10(17)13(18)19-15(20)24/h7-9,11-12,21-22H,2-6H2,1H3,(H2,18,19,24)/t8-,11-,12-,16+/m1/s1. The Bertz CT molecular complexity index is 750. The molecule has 4 atom stereocenters. The number of ether oxygens (including phenoxy) is 2. The fourth-order valence-electron chi connectivity index (χ4n) is 3.48. The summed E-state index contributed by atoms with van der Waals surface area (Å²) >= 11 is 0. The van der Waals surface area contributed by atoms with Gasteiger partial charge in [0.25, 0.3) is 5.72 Å². The maximum atomic E-state index is 13.9. The summed E-state index contributed by atoms with van der Waals surface area (Å²) in [6, 6.07) is 0. The summed E-state index contributed by atoms with van der Waals surface area (Å²) in [5.41, 5.74) is 1.74. The molecule has 1 aliphatic carbocycles. The van der Waals surface area contributed by atoms with Gasteiger partial charge in [-0.05, 0) is 32.6 Å². The van der Waals surface area contributed by atoms with Crippen LogP contribution in [0.25, 0.3) is 0 Å². The van der Waals surface area contributed by atoms with Gasteiger partial charge in [-0.1, -0.05) is 6.42 Å². The summed E-state index contributed by atoms with van der Waals surface area (Å²) in [5, 5.41) is 20.6. The van der Waals surface area contributed by atoms with Crippen molar-refractivity contribution in [3.8, 4) is 0 Å². The molecule has 9 nitrogen and oxygen atoms in total. The van der Waals surface area contributed by atoms with Gasteiger partial charge in [0.15, 0.2) is 11.6 Å². The lowest BCUT2D eigenvalue weighted by atomic mass is 9.97. The molecule has 1 aromatic heterocycles. The fraction of sp³-hybridized carbons (Fsp3) is 0.688. The van der Waals surface area contributed by atoms with Gasteiger partial charge >= 0.3 is 11.7 Å². The summed E-state index contributed by atoms with van der Waals surface area (Å²) in [6.45, 7) is 1.41. The van der Waals surface area contributed by atoms with Crippen molar-refractivity contribution in [1.29, 1.82) is 0 Å². The number of carbonyl (C=O) groups is 1. The van der Waals surface area contributed by atoms with Crippen LogP contribution in [0.2, 0.25) is 0 Å². The Balaban J connectivity index is 2.05. The molecule has 1 saturated heterocycles. The maximum absolute atomic E-state index is 13.9. The Kier molecular flexibility index (Phi) is 5.00. The number of rotatable bonds is 3. The highest BCUT2D eigenvalue weighted by molar-refractivity contribution is 5.79. The van der Waals surface area contributed by atoms with Gasteiger partial charge in [0.1, 0.15) is 18.3 Å². The number of halogens is 1. The zero-order chi connectivity index (χ0) is 19.1. The number of anilines is 1. The first-order valence-corrected chi connectivity index (χ1v) is 8.57. The van der Waals surface area contributed by atoms with E-state index in [-0.39, 0.29) is 0 Å². The number of carbonyl (C=O) groups excluding carboxylic acids is 1. The van der Waals surface area contributed by atoms with Crippen molar-refractivity contribution < 1.29 is 28.9 Å². The SMILES string of the molecule is C[C@H]1O[C@@](C(=O)OC2CCCCC2)(n2cc(F)c(N)nc2=O)[C@H](O)[C@@H]1O. The van der Waals surface area contributed by atoms with Crippen molar-refractivity contribution in [3.63, 3.8) is 0 Å². The fourth-order valence-corrected chi connectivity index (χ4v) is 3.48. The number of aromatic nitrogens is 2. The molecule has 26 heavy (non-hydrogen) atoms. The first kappa shape index (κ1) is 18.7. The van der Waals surface area contributed by atoms with Crippen LogP contribution in [0.4, 0.5) is 10.2 Å². The Morgan fingerprint density at radius 3 is 2.65 bits per heavy atom. The van der Waals surface area contributed by atoms with Crippen LogP contribution in [-0.4, -0.2) is 50.1 Å². The number of nitrogens with zero attached hydrogens (tertiary/aromatic N) is 2. The number of aliphatic hydroxyl groups excluding tert-OH is 2. The van der Waals surface area contributed by atoms with E-state index >= 15 is 0 Å². The molecule has 1 aromatic rings. The highest BCUT2D eigenvalue weighted by Crippen LogP contribution is 2.37. The van der Waals surface area contributed by atoms with Crippen LogP contribution in [0.5, 0.6) is 0 Å². The van der Waals surface area contributed by atoms with E-state index in [0.717, 1.165) is 19.3 Å². The van der Waals surface area contributed by atoms with Crippen LogP contribution in [0.3, 0.4) is 0 Å². The molecule has 2 fully saturated rings. The topological polar surface area (TPSA) is 137 Å². The van der Waals surface area contributed by atoms with Gasteiger partial charge in [0.05, 0.1) is 12.3 Å². The Morgan fingerprint density at radius 2 is 2.08 bits per heavy atom. The van der Waals surface area contributed by atoms with Crippen LogP contribution < -0.4 is 11.4 Å². The number of aliphatic hydroxyl groups is 2. The summed E-state index contributed by atoms with van der Waals surface area (Å²) in [5.74, 6) is -2.80. The highest BCUT2D eigenvalue weighted by Gasteiger charge is 2.61. The zero-order valence-electron chi connectivity index (χ0n) is 14.3. The van der Waals surface area contributed by atoms with E-state index in [4.69, 9.17) is 15.2 Å². The average Bonchev–Trinajstić information content (AvgIpc) is 2.84. The zero-order valence-corrected chi connectivity index (χ0v) is 14.3. The average molecular weight is 371 g/mol. The summed E-state index contributed by atoms with van der Waals surface area (Å²) in [6.07, 6.45) is -0.0512. The van der Waals surface area contributed by atoms with Gasteiger partial charge in [-0.15, -0.1) is 0 Å². The molecular formula is C16H22FN3O6. The molecule has 10 heteroatoms. The Hall–Kier alpha value is -2.04. The summed E-state index contributed by atoms with van der Waals surface area (Å²) < 4.78 is 25.4. The van der Waals surface area contributed by atoms with Crippen LogP contribution in [-0.2, 0) is 20.0 Å². The number of hydrogen-bond donors (Lipinski definition) is 3. The monoisotopic (exact) mass is 371 g/mol. The third kappa shape index (κ3) is 2.97. The van der Waals surface area contributed by atoms with Gasteiger partial charge in [-0.3, -0.25) is 4.57 Å². The number of nitrogen functional groups attached to an aromatic ring is 1. The van der Waals surface area contributed by atoms with E-state index in [1.165, 1.54) is 6.92 Å². The first-order valence-electron chi connectivity index (χ1n) is 8.57. The molecule has 2 heterocycles. The van der Waals surface area contributed by atoms with Gasteiger partial charge in [0, 0.05) is 0 Å². The lowest BCUT2D eigenvalue weighted by Crippen LogP contribution is -2.57. The first-order chi connectivity index (χ1) is 12.3. The van der Waals surface area contributed by atoms with Crippen LogP contribution in [0.15, 0.2) is 11.0 Å². The van der Waals surface area contributed by atoms with Gasteiger partial charge < -0.3 is 25.4 Å². The third-order valence-electron chi connectivity index (χ3n) is 4.96. The van der Waals surface area contributed by atoms with E-state index in [0.29, 0.717) is 23.6 Å². The quantitative estimate of drug-likeness (QED) is 0.612. The second-order valence-corrected chi connectivity index (χ2v) is 6.75. The van der Waals surface area contributed by atoms with Crippen molar-refractivity contribution in [2.24, 2.45) is 0 Å². The van der Waals surface area contributed by atoms with Crippen LogP contribution in [0.1, 0.15) is 39.0 Å². The number of hydrogen-bond acceptors (Lipinski definition) is 8. The summed E-state index contributed by atoms with van der Waals surface area (Å²) in [7, 11) is 0. The van der Waals surface area contributed by atoms with E-state index in [1.807, 2.05) is 0 Å². The molecule has 4 N–H and O–H groups in total. The lowest BCUT2D eigenvalue weighted by Gasteiger charge is -2.33. The number of nitrogens with two attached hydrogens (primary N) is 1. The van der Waals surface area contributed by atoms with Gasteiger partial charge in [-0.2, -0.15) is 4.98 Å². The maximum Gasteiger partial charge on any atom is 0.363 e. The van der Waals surface area contributed by atoms with E-state index < -0.39 is 53.4 Å². The van der Waals surface area contributed by atoms with Crippen LogP contribution >= 0.6 is 0 Å². The van der Waals surface area contributed by atoms with Crippen molar-refractivity contribution >= 4 is 11.8 Å². The number of esters is 1. The normalized spacial score (nSPS) is 32.5. The minimum atomic E-state index is -2.44. The van der Waals surface area contributed by atoms with Crippen molar-refractivity contribution in [3.05, 3.63) is 22.5 Å². The minimum Gasteiger partial charge on any atom is -0.459 e. The molecule has 0 radical (unpaired) electrons. The molecule has 3 rings (SSSR count). The predicted molar refractivity (Wildman–Crippen MR) is 86.4 cm³/mol. The van der Waals surface area contributed by atoms with Crippen LogP contribution in [0, 0.1) is 5.82 Å². The molecule has 1 aliphatic heterocycles. The molecule has 1 saturated carbocycles. The molecule has 0 spiro atoms. The molecular weight excluding hydrogens is 349 g/mol. The Morgan fingerprint density at radius 1 is 1.42 bits per heavy atom. The summed E-state index contributed by atoms with van der Waals surface area (Å²) in [4.78, 5) is 28.5. The molecule has 144 valence electrons. The highest BCUT2D eigenvalue weighted by atomic mass is 19.1. The van der Waals surface area contributed by atoms with Crippen molar-refractivity contribution in [2.75, 3.05) is 5.73 Å². The molecule has 0 amide bonds. The molecule has 0 aromatic carbocycles. The second kappa shape index (κ2) is 6.93. The van der Waals surface area contributed by atoms with Gasteiger partial charge in [0.2, 0.25) is 0 Å². The lowest BCUT2D eigenvalue weighted by molar-refractivity contribution is -0.205. The van der Waals surface area contributed by atoms with E-state index in [2.05, 4.69) is 4.98 Å². The van der Waals surface area contributed by atoms with E-state index in [9.17, 15) is 24.2 Å². The molecule has 2 aliphatic rings. The smallest absolute Gasteiger partial charge is 0.363 e. The predicted octanol–water partition coefficient (Wildman–Crippen LogP) is -0.366. The van der Waals surface area contributed by atoms with Gasteiger partial charge in [-0.25, -0.2) is 14.0 Å².